The molecule has 5 nitrogen and oxygen atoms in total. The maximum atomic E-state index is 11.7. The Morgan fingerprint density at radius 2 is 2.40 bits per heavy atom. The highest BCUT2D eigenvalue weighted by atomic mass is 16.3. The molecule has 1 saturated heterocycles. The lowest BCUT2D eigenvalue weighted by Crippen LogP contribution is -2.53. The zero-order valence-corrected chi connectivity index (χ0v) is 9.17. The first kappa shape index (κ1) is 12.0. The van der Waals surface area contributed by atoms with E-state index < -0.39 is 11.6 Å². The van der Waals surface area contributed by atoms with Gasteiger partial charge in [-0.2, -0.15) is 0 Å². The van der Waals surface area contributed by atoms with Crippen LogP contribution in [0.1, 0.15) is 33.1 Å². The molecule has 2 amide bonds. The predicted molar refractivity (Wildman–Crippen MR) is 55.1 cm³/mol. The second-order valence-electron chi connectivity index (χ2n) is 4.22. The Labute approximate surface area is 89.2 Å². The van der Waals surface area contributed by atoms with Gasteiger partial charge in [0.25, 0.3) is 0 Å². The topological polar surface area (TPSA) is 78.4 Å². The molecule has 2 atom stereocenters. The van der Waals surface area contributed by atoms with E-state index in [4.69, 9.17) is 5.11 Å². The van der Waals surface area contributed by atoms with Crippen LogP contribution in [-0.2, 0) is 9.59 Å². The molecule has 0 radical (unpaired) electrons. The van der Waals surface area contributed by atoms with Crippen molar-refractivity contribution in [3.8, 4) is 0 Å². The van der Waals surface area contributed by atoms with Crippen LogP contribution in [0.2, 0.25) is 0 Å². The summed E-state index contributed by atoms with van der Waals surface area (Å²) >= 11 is 0. The van der Waals surface area contributed by atoms with Crippen LogP contribution in [0.3, 0.4) is 0 Å². The van der Waals surface area contributed by atoms with Gasteiger partial charge in [-0.1, -0.05) is 6.92 Å². The summed E-state index contributed by atoms with van der Waals surface area (Å²) in [4.78, 5) is 22.6. The molecular formula is C10H18N2O3. The van der Waals surface area contributed by atoms with E-state index in [9.17, 15) is 9.59 Å². The summed E-state index contributed by atoms with van der Waals surface area (Å²) in [6.45, 7) is 3.57. The second kappa shape index (κ2) is 4.61. The third-order valence-electron chi connectivity index (χ3n) is 2.87. The van der Waals surface area contributed by atoms with E-state index >= 15 is 0 Å². The van der Waals surface area contributed by atoms with E-state index in [0.717, 1.165) is 0 Å². The van der Waals surface area contributed by atoms with E-state index in [1.807, 2.05) is 6.92 Å². The third-order valence-corrected chi connectivity index (χ3v) is 2.87. The molecule has 0 aliphatic carbocycles. The van der Waals surface area contributed by atoms with E-state index in [1.165, 1.54) is 0 Å². The van der Waals surface area contributed by atoms with Crippen molar-refractivity contribution >= 4 is 11.8 Å². The predicted octanol–water partition coefficient (Wildman–Crippen LogP) is -0.458. The molecule has 5 heteroatoms. The Balaban J connectivity index is 2.51. The first-order chi connectivity index (χ1) is 7.00. The average molecular weight is 214 g/mol. The minimum Gasteiger partial charge on any atom is -0.394 e. The second-order valence-corrected chi connectivity index (χ2v) is 4.22. The van der Waals surface area contributed by atoms with Crippen LogP contribution >= 0.6 is 0 Å². The molecule has 0 bridgehead atoms. The molecule has 0 saturated carbocycles. The zero-order chi connectivity index (χ0) is 11.5. The Kier molecular flexibility index (Phi) is 3.68. The van der Waals surface area contributed by atoms with E-state index in [0.29, 0.717) is 19.3 Å². The number of aliphatic hydroxyl groups is 1. The molecule has 1 aliphatic rings. The SMILES string of the molecule is CCC(C)(CO)NC(=O)[C@@H]1CCC(=O)N1. The van der Waals surface area contributed by atoms with Gasteiger partial charge in [-0.05, 0) is 19.8 Å². The van der Waals surface area contributed by atoms with Crippen molar-refractivity contribution in [2.45, 2.75) is 44.7 Å². The van der Waals surface area contributed by atoms with Crippen LogP contribution < -0.4 is 10.6 Å². The van der Waals surface area contributed by atoms with Gasteiger partial charge in [-0.25, -0.2) is 0 Å². The summed E-state index contributed by atoms with van der Waals surface area (Å²) in [5.41, 5.74) is -0.593. The fourth-order valence-electron chi connectivity index (χ4n) is 1.44. The van der Waals surface area contributed by atoms with Crippen molar-refractivity contribution in [2.24, 2.45) is 0 Å². The summed E-state index contributed by atoms with van der Waals surface area (Å²) in [6.07, 6.45) is 1.59. The number of nitrogens with one attached hydrogen (secondary N) is 2. The smallest absolute Gasteiger partial charge is 0.243 e. The molecule has 1 rings (SSSR count). The van der Waals surface area contributed by atoms with Gasteiger partial charge < -0.3 is 15.7 Å². The van der Waals surface area contributed by atoms with Crippen molar-refractivity contribution < 1.29 is 14.7 Å². The van der Waals surface area contributed by atoms with Gasteiger partial charge in [0.15, 0.2) is 0 Å². The highest BCUT2D eigenvalue weighted by molar-refractivity contribution is 5.91. The molecule has 1 fully saturated rings. The van der Waals surface area contributed by atoms with Crippen molar-refractivity contribution in [1.82, 2.24) is 10.6 Å². The summed E-state index contributed by atoms with van der Waals surface area (Å²) in [7, 11) is 0. The standard InChI is InChI=1S/C10H18N2O3/c1-3-10(2,6-13)12-9(15)7-4-5-8(14)11-7/h7,13H,3-6H2,1-2H3,(H,11,14)(H,12,15)/t7-,10?/m0/s1. The summed E-state index contributed by atoms with van der Waals surface area (Å²) < 4.78 is 0. The molecule has 0 aromatic heterocycles. The molecule has 0 aromatic rings. The monoisotopic (exact) mass is 214 g/mol. The lowest BCUT2D eigenvalue weighted by molar-refractivity contribution is -0.127. The fourth-order valence-corrected chi connectivity index (χ4v) is 1.44. The average Bonchev–Trinajstić information content (AvgIpc) is 2.65. The lowest BCUT2D eigenvalue weighted by Gasteiger charge is -2.28. The highest BCUT2D eigenvalue weighted by Gasteiger charge is 2.31. The summed E-state index contributed by atoms with van der Waals surface area (Å²) in [5, 5.41) is 14.5. The number of amides is 2. The molecule has 0 aromatic carbocycles. The van der Waals surface area contributed by atoms with Crippen LogP contribution in [0.25, 0.3) is 0 Å². The first-order valence-electron chi connectivity index (χ1n) is 5.23. The Hall–Kier alpha value is -1.10. The number of carbonyl (C=O) groups excluding carboxylic acids is 2. The van der Waals surface area contributed by atoms with Crippen molar-refractivity contribution in [3.05, 3.63) is 0 Å². The Bertz CT molecular complexity index is 261. The number of hydrogen-bond acceptors (Lipinski definition) is 3. The quantitative estimate of drug-likeness (QED) is 0.592. The van der Waals surface area contributed by atoms with Crippen LogP contribution in [0.4, 0.5) is 0 Å². The van der Waals surface area contributed by atoms with Gasteiger partial charge in [0.1, 0.15) is 6.04 Å². The van der Waals surface area contributed by atoms with Crippen LogP contribution in [-0.4, -0.2) is 35.1 Å². The van der Waals surface area contributed by atoms with E-state index in [2.05, 4.69) is 10.6 Å². The summed E-state index contributed by atoms with van der Waals surface area (Å²) in [6, 6.07) is -0.435. The molecular weight excluding hydrogens is 196 g/mol. The number of rotatable bonds is 4. The molecule has 15 heavy (non-hydrogen) atoms. The molecule has 0 spiro atoms. The van der Waals surface area contributed by atoms with Crippen LogP contribution in [0.5, 0.6) is 0 Å². The molecule has 1 aliphatic heterocycles. The Morgan fingerprint density at radius 3 is 2.80 bits per heavy atom. The normalized spacial score (nSPS) is 24.5. The van der Waals surface area contributed by atoms with E-state index in [-0.39, 0.29) is 18.4 Å². The Morgan fingerprint density at radius 1 is 1.73 bits per heavy atom. The molecule has 1 heterocycles. The molecule has 86 valence electrons. The molecule has 3 N–H and O–H groups in total. The van der Waals surface area contributed by atoms with Crippen molar-refractivity contribution in [2.75, 3.05) is 6.61 Å². The van der Waals surface area contributed by atoms with E-state index in [1.54, 1.807) is 6.92 Å². The van der Waals surface area contributed by atoms with Crippen molar-refractivity contribution in [1.29, 1.82) is 0 Å². The zero-order valence-electron chi connectivity index (χ0n) is 9.17. The van der Waals surface area contributed by atoms with Crippen molar-refractivity contribution in [3.63, 3.8) is 0 Å². The number of aliphatic hydroxyl groups excluding tert-OH is 1. The largest absolute Gasteiger partial charge is 0.394 e. The van der Waals surface area contributed by atoms with Gasteiger partial charge in [0.2, 0.25) is 11.8 Å². The van der Waals surface area contributed by atoms with Gasteiger partial charge in [-0.3, -0.25) is 9.59 Å². The number of carbonyl (C=O) groups is 2. The van der Waals surface area contributed by atoms with Gasteiger partial charge in [0, 0.05) is 6.42 Å². The van der Waals surface area contributed by atoms with Gasteiger partial charge in [0.05, 0.1) is 12.1 Å². The third kappa shape index (κ3) is 2.92. The van der Waals surface area contributed by atoms with Gasteiger partial charge >= 0.3 is 0 Å². The number of hydrogen-bond donors (Lipinski definition) is 3. The fraction of sp³-hybridized carbons (Fsp3) is 0.800. The minimum atomic E-state index is -0.593. The first-order valence-corrected chi connectivity index (χ1v) is 5.23. The lowest BCUT2D eigenvalue weighted by atomic mass is 9.99. The highest BCUT2D eigenvalue weighted by Crippen LogP contribution is 2.11. The minimum absolute atomic E-state index is 0.0858. The maximum Gasteiger partial charge on any atom is 0.243 e. The van der Waals surface area contributed by atoms with Gasteiger partial charge in [-0.15, -0.1) is 0 Å². The summed E-state index contributed by atoms with van der Waals surface area (Å²) in [5.74, 6) is -0.295. The molecule has 1 unspecified atom stereocenters. The van der Waals surface area contributed by atoms with Crippen LogP contribution in [0.15, 0.2) is 0 Å². The van der Waals surface area contributed by atoms with Crippen LogP contribution in [0, 0.1) is 0 Å². The maximum absolute atomic E-state index is 11.7.